The maximum atomic E-state index is 14.9. The molecule has 3 N–H and O–H groups in total. The zero-order valence-corrected chi connectivity index (χ0v) is 21.7. The van der Waals surface area contributed by atoms with E-state index < -0.39 is 11.7 Å². The van der Waals surface area contributed by atoms with E-state index in [0.717, 1.165) is 24.0 Å². The second kappa shape index (κ2) is 12.0. The second-order valence-corrected chi connectivity index (χ2v) is 10.2. The van der Waals surface area contributed by atoms with Gasteiger partial charge in [0.15, 0.2) is 0 Å². The number of carbonyl (C=O) groups is 2. The van der Waals surface area contributed by atoms with Crippen LogP contribution in [0.2, 0.25) is 0 Å². The lowest BCUT2D eigenvalue weighted by molar-refractivity contribution is -0.132. The minimum absolute atomic E-state index is 0.0706. The summed E-state index contributed by atoms with van der Waals surface area (Å²) in [6, 6.07) is 7.67. The second-order valence-electron chi connectivity index (χ2n) is 10.2. The Hall–Kier alpha value is -4.12. The summed E-state index contributed by atoms with van der Waals surface area (Å²) in [6.45, 7) is 5.04. The molecule has 0 fully saturated rings. The molecule has 0 unspecified atom stereocenters. The predicted octanol–water partition coefficient (Wildman–Crippen LogP) is 5.15. The van der Waals surface area contributed by atoms with Gasteiger partial charge in [0.05, 0.1) is 17.0 Å². The Balaban J connectivity index is 1.41. The summed E-state index contributed by atoms with van der Waals surface area (Å²) in [7, 11) is 0. The number of hydrogen-bond donors (Lipinski definition) is 3. The number of nitrogens with zero attached hydrogens (tertiary/aromatic N) is 2. The first-order valence-corrected chi connectivity index (χ1v) is 12.9. The maximum absolute atomic E-state index is 14.9. The van der Waals surface area contributed by atoms with Gasteiger partial charge < -0.3 is 10.2 Å². The highest BCUT2D eigenvalue weighted by atomic mass is 19.1. The first-order chi connectivity index (χ1) is 18.2. The van der Waals surface area contributed by atoms with E-state index in [1.54, 1.807) is 23.1 Å². The molecule has 2 heterocycles. The predicted molar refractivity (Wildman–Crippen MR) is 146 cm³/mol. The van der Waals surface area contributed by atoms with Crippen molar-refractivity contribution >= 4 is 29.1 Å². The van der Waals surface area contributed by atoms with Crippen molar-refractivity contribution in [1.82, 2.24) is 9.88 Å². The van der Waals surface area contributed by atoms with Crippen LogP contribution in [0.4, 0.5) is 10.2 Å². The lowest BCUT2D eigenvalue weighted by Gasteiger charge is -2.29. The molecule has 0 radical (unpaired) electrons. The van der Waals surface area contributed by atoms with Crippen molar-refractivity contribution in [2.75, 3.05) is 11.9 Å². The molecule has 4 rings (SSSR count). The standard InChI is InChI=1S/C30H32FN5O2/c1-19(2)6-10-23(32)11-12-26(33)27-4-3-5-28(34-27)35-30(38)24-16-22-18-36(15-14-21(22)17-25(24)31)29(37)13-9-20-7-8-20/h3-5,7-8,16-17,19-20,32-33H,6,9-10,13-15,18H2,1-2H3,(H,34,35,38). The van der Waals surface area contributed by atoms with E-state index in [1.165, 1.54) is 12.1 Å². The normalized spacial score (nSPS) is 13.9. The number of anilines is 1. The molecule has 0 atom stereocenters. The molecule has 0 bridgehead atoms. The Morgan fingerprint density at radius 3 is 2.68 bits per heavy atom. The fourth-order valence-electron chi connectivity index (χ4n) is 4.21. The first kappa shape index (κ1) is 26.9. The summed E-state index contributed by atoms with van der Waals surface area (Å²) in [5.74, 6) is 5.18. The summed E-state index contributed by atoms with van der Waals surface area (Å²) >= 11 is 0. The van der Waals surface area contributed by atoms with Crippen molar-refractivity contribution in [2.45, 2.75) is 52.5 Å². The largest absolute Gasteiger partial charge is 0.338 e. The Labute approximate surface area is 222 Å². The summed E-state index contributed by atoms with van der Waals surface area (Å²) in [4.78, 5) is 31.6. The van der Waals surface area contributed by atoms with Crippen LogP contribution >= 0.6 is 0 Å². The van der Waals surface area contributed by atoms with Crippen LogP contribution < -0.4 is 5.32 Å². The molecule has 7 nitrogen and oxygen atoms in total. The highest BCUT2D eigenvalue weighted by Crippen LogP contribution is 2.26. The van der Waals surface area contributed by atoms with E-state index in [0.29, 0.717) is 44.2 Å². The van der Waals surface area contributed by atoms with Crippen LogP contribution in [-0.2, 0) is 17.8 Å². The lowest BCUT2D eigenvalue weighted by atomic mass is 9.96. The number of hydrogen-bond acceptors (Lipinski definition) is 5. The molecule has 1 aliphatic carbocycles. The van der Waals surface area contributed by atoms with Crippen LogP contribution in [0.1, 0.15) is 66.7 Å². The Morgan fingerprint density at radius 2 is 1.95 bits per heavy atom. The lowest BCUT2D eigenvalue weighted by Crippen LogP contribution is -2.36. The molecule has 1 aliphatic heterocycles. The molecule has 1 aromatic heterocycles. The first-order valence-electron chi connectivity index (χ1n) is 12.9. The van der Waals surface area contributed by atoms with Crippen molar-refractivity contribution in [3.63, 3.8) is 0 Å². The van der Waals surface area contributed by atoms with Crippen LogP contribution in [0.5, 0.6) is 0 Å². The zero-order chi connectivity index (χ0) is 27.2. The fourth-order valence-corrected chi connectivity index (χ4v) is 4.21. The third kappa shape index (κ3) is 7.22. The number of benzene rings is 1. The number of pyridine rings is 1. The van der Waals surface area contributed by atoms with E-state index in [-0.39, 0.29) is 34.4 Å². The van der Waals surface area contributed by atoms with Gasteiger partial charge in [-0.1, -0.05) is 32.1 Å². The van der Waals surface area contributed by atoms with Gasteiger partial charge in [-0.15, -0.1) is 0 Å². The van der Waals surface area contributed by atoms with E-state index >= 15 is 0 Å². The van der Waals surface area contributed by atoms with Crippen molar-refractivity contribution in [1.29, 1.82) is 10.8 Å². The summed E-state index contributed by atoms with van der Waals surface area (Å²) in [5, 5.41) is 18.7. The molecule has 0 spiro atoms. The quantitative estimate of drug-likeness (QED) is 0.245. The molecule has 196 valence electrons. The average Bonchev–Trinajstić information content (AvgIpc) is 3.73. The van der Waals surface area contributed by atoms with Crippen LogP contribution in [-0.4, -0.2) is 39.7 Å². The van der Waals surface area contributed by atoms with Gasteiger partial charge in [-0.05, 0) is 84.8 Å². The van der Waals surface area contributed by atoms with Gasteiger partial charge in [0.2, 0.25) is 5.91 Å². The van der Waals surface area contributed by atoms with E-state index in [1.807, 2.05) is 0 Å². The van der Waals surface area contributed by atoms with Crippen molar-refractivity contribution < 1.29 is 14.0 Å². The van der Waals surface area contributed by atoms with Crippen LogP contribution in [0.25, 0.3) is 0 Å². The summed E-state index contributed by atoms with van der Waals surface area (Å²) in [6.07, 6.45) is 7.40. The SMILES string of the molecule is CC(C)CCC(=N)C#CC(=N)c1cccc(NC(=O)c2cc3c(cc2F)CCN(C(=O)CCC2C=C2)C3)n1. The van der Waals surface area contributed by atoms with Gasteiger partial charge in [0.1, 0.15) is 17.3 Å². The van der Waals surface area contributed by atoms with Gasteiger partial charge in [-0.3, -0.25) is 20.4 Å². The van der Waals surface area contributed by atoms with Crippen LogP contribution in [0.3, 0.4) is 0 Å². The Kier molecular flexibility index (Phi) is 8.47. The highest BCUT2D eigenvalue weighted by Gasteiger charge is 2.25. The monoisotopic (exact) mass is 513 g/mol. The van der Waals surface area contributed by atoms with E-state index in [2.05, 4.69) is 48.1 Å². The number of amides is 2. The van der Waals surface area contributed by atoms with Gasteiger partial charge >= 0.3 is 0 Å². The molecule has 2 aliphatic rings. The van der Waals surface area contributed by atoms with Crippen molar-refractivity contribution in [3.05, 3.63) is 70.7 Å². The molecule has 2 amide bonds. The topological polar surface area (TPSA) is 110 Å². The number of rotatable bonds is 9. The number of fused-ring (bicyclic) bond motifs is 1. The number of allylic oxidation sites excluding steroid dienone is 2. The molecule has 8 heteroatoms. The third-order valence-electron chi connectivity index (χ3n) is 6.61. The molecule has 1 aromatic carbocycles. The minimum Gasteiger partial charge on any atom is -0.338 e. The smallest absolute Gasteiger partial charge is 0.259 e. The number of aromatic nitrogens is 1. The fraction of sp³-hybridized carbons (Fsp3) is 0.367. The number of carbonyl (C=O) groups excluding carboxylic acids is 2. The zero-order valence-electron chi connectivity index (χ0n) is 21.7. The summed E-state index contributed by atoms with van der Waals surface area (Å²) in [5.41, 5.74) is 1.88. The van der Waals surface area contributed by atoms with Crippen LogP contribution in [0, 0.1) is 40.3 Å². The molecule has 38 heavy (non-hydrogen) atoms. The van der Waals surface area contributed by atoms with Gasteiger partial charge in [-0.25, -0.2) is 9.37 Å². The third-order valence-corrected chi connectivity index (χ3v) is 6.61. The Morgan fingerprint density at radius 1 is 1.16 bits per heavy atom. The molecule has 2 aromatic rings. The van der Waals surface area contributed by atoms with E-state index in [4.69, 9.17) is 10.8 Å². The average molecular weight is 514 g/mol. The molecule has 0 saturated heterocycles. The van der Waals surface area contributed by atoms with Gasteiger partial charge in [0.25, 0.3) is 5.91 Å². The van der Waals surface area contributed by atoms with Crippen LogP contribution in [0.15, 0.2) is 42.5 Å². The number of nitrogens with one attached hydrogen (secondary N) is 3. The Bertz CT molecular complexity index is 1360. The number of halogens is 1. The van der Waals surface area contributed by atoms with Gasteiger partial charge in [0, 0.05) is 19.5 Å². The highest BCUT2D eigenvalue weighted by molar-refractivity contribution is 6.14. The maximum Gasteiger partial charge on any atom is 0.259 e. The molecular formula is C30H32FN5O2. The summed E-state index contributed by atoms with van der Waals surface area (Å²) < 4.78 is 14.9. The molecule has 0 saturated carbocycles. The minimum atomic E-state index is -0.661. The molecular weight excluding hydrogens is 481 g/mol. The van der Waals surface area contributed by atoms with Crippen molar-refractivity contribution in [3.8, 4) is 11.8 Å². The van der Waals surface area contributed by atoms with Gasteiger partial charge in [-0.2, -0.15) is 0 Å². The van der Waals surface area contributed by atoms with Crippen molar-refractivity contribution in [2.24, 2.45) is 11.8 Å². The van der Waals surface area contributed by atoms with E-state index in [9.17, 15) is 14.0 Å².